The molecular formula is C15H22N4O. The molecule has 20 heavy (non-hydrogen) atoms. The second kappa shape index (κ2) is 4.97. The fourth-order valence-corrected chi connectivity index (χ4v) is 3.94. The molecule has 4 rings (SSSR count). The Balaban J connectivity index is 1.31. The van der Waals surface area contributed by atoms with Gasteiger partial charge in [0.25, 0.3) is 0 Å². The van der Waals surface area contributed by atoms with E-state index in [1.807, 2.05) is 18.5 Å². The Bertz CT molecular complexity index is 454. The first kappa shape index (κ1) is 12.5. The van der Waals surface area contributed by atoms with Crippen LogP contribution in [0.2, 0.25) is 0 Å². The number of likely N-dealkylation sites (tertiary alicyclic amines) is 1. The van der Waals surface area contributed by atoms with Crippen LogP contribution in [0.3, 0.4) is 0 Å². The van der Waals surface area contributed by atoms with Crippen LogP contribution in [0, 0.1) is 11.3 Å². The monoisotopic (exact) mass is 274 g/mol. The maximum Gasteiger partial charge on any atom is 0.225 e. The van der Waals surface area contributed by atoms with E-state index in [0.29, 0.717) is 5.41 Å². The van der Waals surface area contributed by atoms with Gasteiger partial charge in [0.05, 0.1) is 6.61 Å². The third-order valence-corrected chi connectivity index (χ3v) is 4.93. The van der Waals surface area contributed by atoms with Crippen LogP contribution in [0.1, 0.15) is 12.8 Å². The van der Waals surface area contributed by atoms with Crippen molar-refractivity contribution >= 4 is 5.95 Å². The van der Waals surface area contributed by atoms with Gasteiger partial charge in [0.1, 0.15) is 0 Å². The van der Waals surface area contributed by atoms with Gasteiger partial charge in [0.2, 0.25) is 5.95 Å². The summed E-state index contributed by atoms with van der Waals surface area (Å²) in [6.07, 6.45) is 6.19. The number of ether oxygens (including phenoxy) is 1. The van der Waals surface area contributed by atoms with E-state index >= 15 is 0 Å². The Hall–Kier alpha value is -1.20. The van der Waals surface area contributed by atoms with Gasteiger partial charge in [-0.3, -0.25) is 0 Å². The van der Waals surface area contributed by atoms with Gasteiger partial charge in [-0.05, 0) is 24.8 Å². The zero-order valence-electron chi connectivity index (χ0n) is 11.9. The molecule has 5 heteroatoms. The standard InChI is InChI=1S/C15H22N4O/c1-4-16-14(17-5-1)19-6-3-15(12-19)10-18(11-15)8-13-2-7-20-9-13/h1,4-5,13H,2-3,6-12H2/t13-/m0/s1. The molecule has 0 unspecified atom stereocenters. The molecule has 3 aliphatic rings. The van der Waals surface area contributed by atoms with E-state index in [0.717, 1.165) is 38.2 Å². The van der Waals surface area contributed by atoms with Gasteiger partial charge >= 0.3 is 0 Å². The first-order chi connectivity index (χ1) is 9.83. The average Bonchev–Trinajstić information content (AvgIpc) is 3.09. The van der Waals surface area contributed by atoms with Crippen molar-refractivity contribution in [3.8, 4) is 0 Å². The van der Waals surface area contributed by atoms with Crippen LogP contribution in [0.4, 0.5) is 5.95 Å². The summed E-state index contributed by atoms with van der Waals surface area (Å²) < 4.78 is 5.47. The van der Waals surface area contributed by atoms with E-state index in [-0.39, 0.29) is 0 Å². The maximum atomic E-state index is 5.47. The molecule has 0 aromatic carbocycles. The molecule has 0 bridgehead atoms. The van der Waals surface area contributed by atoms with Gasteiger partial charge < -0.3 is 14.5 Å². The van der Waals surface area contributed by atoms with E-state index in [9.17, 15) is 0 Å². The van der Waals surface area contributed by atoms with Gasteiger partial charge in [-0.25, -0.2) is 9.97 Å². The lowest BCUT2D eigenvalue weighted by atomic mass is 9.78. The molecule has 3 fully saturated rings. The summed E-state index contributed by atoms with van der Waals surface area (Å²) in [6, 6.07) is 1.88. The molecule has 0 aliphatic carbocycles. The van der Waals surface area contributed by atoms with Crippen molar-refractivity contribution in [2.75, 3.05) is 50.8 Å². The summed E-state index contributed by atoms with van der Waals surface area (Å²) in [5.74, 6) is 1.66. The summed E-state index contributed by atoms with van der Waals surface area (Å²) in [6.45, 7) is 7.86. The number of hydrogen-bond acceptors (Lipinski definition) is 5. The van der Waals surface area contributed by atoms with Gasteiger partial charge in [-0.15, -0.1) is 0 Å². The molecule has 1 atom stereocenters. The predicted octanol–water partition coefficient (Wildman–Crippen LogP) is 1.03. The fourth-order valence-electron chi connectivity index (χ4n) is 3.94. The topological polar surface area (TPSA) is 41.5 Å². The van der Waals surface area contributed by atoms with E-state index in [1.54, 1.807) is 0 Å². The summed E-state index contributed by atoms with van der Waals surface area (Å²) in [4.78, 5) is 13.7. The van der Waals surface area contributed by atoms with Crippen molar-refractivity contribution < 1.29 is 4.74 Å². The van der Waals surface area contributed by atoms with E-state index < -0.39 is 0 Å². The maximum absolute atomic E-state index is 5.47. The lowest BCUT2D eigenvalue weighted by Gasteiger charge is -2.48. The molecule has 1 spiro atoms. The highest BCUT2D eigenvalue weighted by Gasteiger charge is 2.48. The molecule has 5 nitrogen and oxygen atoms in total. The Morgan fingerprint density at radius 3 is 2.85 bits per heavy atom. The zero-order valence-corrected chi connectivity index (χ0v) is 11.9. The highest BCUT2D eigenvalue weighted by atomic mass is 16.5. The van der Waals surface area contributed by atoms with Crippen molar-refractivity contribution in [2.24, 2.45) is 11.3 Å². The lowest BCUT2D eigenvalue weighted by molar-refractivity contribution is 0.00526. The molecule has 3 aliphatic heterocycles. The van der Waals surface area contributed by atoms with Crippen molar-refractivity contribution in [1.29, 1.82) is 0 Å². The number of nitrogens with zero attached hydrogens (tertiary/aromatic N) is 4. The second-order valence-electron chi connectivity index (χ2n) is 6.62. The van der Waals surface area contributed by atoms with E-state index in [2.05, 4.69) is 19.8 Å². The number of anilines is 1. The molecular weight excluding hydrogens is 252 g/mol. The minimum absolute atomic E-state index is 0.499. The molecule has 1 aromatic rings. The van der Waals surface area contributed by atoms with Crippen LogP contribution in [0.25, 0.3) is 0 Å². The van der Waals surface area contributed by atoms with Gasteiger partial charge in [0.15, 0.2) is 0 Å². The van der Waals surface area contributed by atoms with Crippen molar-refractivity contribution in [1.82, 2.24) is 14.9 Å². The number of hydrogen-bond donors (Lipinski definition) is 0. The Morgan fingerprint density at radius 2 is 2.10 bits per heavy atom. The van der Waals surface area contributed by atoms with Crippen molar-refractivity contribution in [2.45, 2.75) is 12.8 Å². The second-order valence-corrected chi connectivity index (χ2v) is 6.62. The quantitative estimate of drug-likeness (QED) is 0.823. The highest BCUT2D eigenvalue weighted by Crippen LogP contribution is 2.40. The minimum Gasteiger partial charge on any atom is -0.381 e. The van der Waals surface area contributed by atoms with Crippen LogP contribution in [-0.4, -0.2) is 60.8 Å². The SMILES string of the molecule is c1cnc(N2CCC3(CN(C[C@@H]4CCOC4)C3)C2)nc1. The molecule has 0 amide bonds. The van der Waals surface area contributed by atoms with Gasteiger partial charge in [-0.1, -0.05) is 0 Å². The van der Waals surface area contributed by atoms with Crippen LogP contribution >= 0.6 is 0 Å². The first-order valence-electron chi connectivity index (χ1n) is 7.65. The largest absolute Gasteiger partial charge is 0.381 e. The zero-order chi connectivity index (χ0) is 13.4. The van der Waals surface area contributed by atoms with Crippen LogP contribution in [-0.2, 0) is 4.74 Å². The average molecular weight is 274 g/mol. The molecule has 4 heterocycles. The molecule has 1 aromatic heterocycles. The lowest BCUT2D eigenvalue weighted by Crippen LogP contribution is -2.58. The molecule has 0 N–H and O–H groups in total. The molecule has 0 saturated carbocycles. The Kier molecular flexibility index (Phi) is 3.11. The molecule has 3 saturated heterocycles. The van der Waals surface area contributed by atoms with Gasteiger partial charge in [-0.2, -0.15) is 0 Å². The summed E-state index contributed by atoms with van der Waals surface area (Å²) in [5, 5.41) is 0. The summed E-state index contributed by atoms with van der Waals surface area (Å²) in [7, 11) is 0. The number of rotatable bonds is 3. The normalized spacial score (nSPS) is 29.0. The smallest absolute Gasteiger partial charge is 0.225 e. The minimum atomic E-state index is 0.499. The Labute approximate surface area is 120 Å². The first-order valence-corrected chi connectivity index (χ1v) is 7.65. The predicted molar refractivity (Wildman–Crippen MR) is 76.7 cm³/mol. The van der Waals surface area contributed by atoms with Crippen LogP contribution in [0.5, 0.6) is 0 Å². The van der Waals surface area contributed by atoms with Crippen LogP contribution < -0.4 is 4.90 Å². The third kappa shape index (κ3) is 2.29. The molecule has 0 radical (unpaired) electrons. The van der Waals surface area contributed by atoms with Crippen molar-refractivity contribution in [3.63, 3.8) is 0 Å². The summed E-state index contributed by atoms with van der Waals surface area (Å²) >= 11 is 0. The summed E-state index contributed by atoms with van der Waals surface area (Å²) in [5.41, 5.74) is 0.499. The van der Waals surface area contributed by atoms with Gasteiger partial charge in [0, 0.05) is 57.1 Å². The van der Waals surface area contributed by atoms with E-state index in [1.165, 1.54) is 32.5 Å². The highest BCUT2D eigenvalue weighted by molar-refractivity contribution is 5.32. The third-order valence-electron chi connectivity index (χ3n) is 4.93. The van der Waals surface area contributed by atoms with E-state index in [4.69, 9.17) is 4.74 Å². The van der Waals surface area contributed by atoms with Crippen LogP contribution in [0.15, 0.2) is 18.5 Å². The van der Waals surface area contributed by atoms with Crippen molar-refractivity contribution in [3.05, 3.63) is 18.5 Å². The fraction of sp³-hybridized carbons (Fsp3) is 0.733. The number of aromatic nitrogens is 2. The Morgan fingerprint density at radius 1 is 1.25 bits per heavy atom. The molecule has 108 valence electrons.